The quantitative estimate of drug-likeness (QED) is 0.570. The van der Waals surface area contributed by atoms with E-state index in [0.717, 1.165) is 0 Å². The molecule has 0 amide bonds. The Morgan fingerprint density at radius 1 is 1.18 bits per heavy atom. The zero-order valence-electron chi connectivity index (χ0n) is 7.39. The summed E-state index contributed by atoms with van der Waals surface area (Å²) in [5.74, 6) is 0. The maximum Gasteiger partial charge on any atom is -0.0228 e. The Bertz CT molecular complexity index is 269. The topological polar surface area (TPSA) is 0 Å². The van der Waals surface area contributed by atoms with Crippen molar-refractivity contribution in [2.24, 2.45) is 0 Å². The van der Waals surface area contributed by atoms with Crippen LogP contribution >= 0.6 is 0 Å². The molecule has 0 unspecified atom stereocenters. The molecule has 0 N–H and O–H groups in total. The van der Waals surface area contributed by atoms with Crippen LogP contribution in [0.5, 0.6) is 0 Å². The van der Waals surface area contributed by atoms with Crippen LogP contribution in [0.3, 0.4) is 0 Å². The molecule has 1 aromatic carbocycles. The Kier molecular flexibility index (Phi) is 2.48. The number of hydrogen-bond donors (Lipinski definition) is 0. The minimum absolute atomic E-state index is 1.32. The summed E-state index contributed by atoms with van der Waals surface area (Å²) < 4.78 is 0. The SMILES string of the molecule is CC=Cc1cc(C)ccc1C. The van der Waals surface area contributed by atoms with Crippen LogP contribution in [0, 0.1) is 13.8 Å². The molecule has 0 aromatic heterocycles. The van der Waals surface area contributed by atoms with E-state index in [2.05, 4.69) is 44.2 Å². The molecule has 0 bridgehead atoms. The molecule has 0 saturated carbocycles. The Labute approximate surface area is 68.6 Å². The molecule has 0 aliphatic rings. The third-order valence-electron chi connectivity index (χ3n) is 1.78. The fraction of sp³-hybridized carbons (Fsp3) is 0.273. The molecule has 1 rings (SSSR count). The highest BCUT2D eigenvalue weighted by molar-refractivity contribution is 5.54. The monoisotopic (exact) mass is 146 g/mol. The van der Waals surface area contributed by atoms with Gasteiger partial charge in [0.2, 0.25) is 0 Å². The van der Waals surface area contributed by atoms with Gasteiger partial charge in [0.05, 0.1) is 0 Å². The molecule has 0 aliphatic heterocycles. The molecule has 0 radical (unpaired) electrons. The van der Waals surface area contributed by atoms with Crippen molar-refractivity contribution in [2.75, 3.05) is 0 Å². The molecule has 0 heteroatoms. The maximum absolute atomic E-state index is 2.20. The van der Waals surface area contributed by atoms with Gasteiger partial charge in [0, 0.05) is 0 Å². The average molecular weight is 146 g/mol. The maximum atomic E-state index is 2.20. The molecule has 0 heterocycles. The number of rotatable bonds is 1. The van der Waals surface area contributed by atoms with Crippen molar-refractivity contribution in [2.45, 2.75) is 20.8 Å². The summed E-state index contributed by atoms with van der Waals surface area (Å²) >= 11 is 0. The molecule has 58 valence electrons. The first-order chi connectivity index (χ1) is 5.24. The second-order valence-corrected chi connectivity index (χ2v) is 2.86. The first-order valence-electron chi connectivity index (χ1n) is 3.94. The van der Waals surface area contributed by atoms with E-state index in [1.807, 2.05) is 6.92 Å². The van der Waals surface area contributed by atoms with Crippen LogP contribution in [0.1, 0.15) is 23.6 Å². The summed E-state index contributed by atoms with van der Waals surface area (Å²) in [5.41, 5.74) is 3.99. The van der Waals surface area contributed by atoms with Gasteiger partial charge >= 0.3 is 0 Å². The third-order valence-corrected chi connectivity index (χ3v) is 1.78. The van der Waals surface area contributed by atoms with Crippen molar-refractivity contribution in [1.82, 2.24) is 0 Å². The zero-order valence-corrected chi connectivity index (χ0v) is 7.39. The minimum Gasteiger partial charge on any atom is -0.0871 e. The number of benzene rings is 1. The molecule has 0 aliphatic carbocycles. The van der Waals surface area contributed by atoms with E-state index in [4.69, 9.17) is 0 Å². The van der Waals surface area contributed by atoms with Crippen LogP contribution in [0.4, 0.5) is 0 Å². The molecule has 1 aromatic rings. The van der Waals surface area contributed by atoms with Gasteiger partial charge < -0.3 is 0 Å². The summed E-state index contributed by atoms with van der Waals surface area (Å²) in [6.45, 7) is 6.29. The van der Waals surface area contributed by atoms with Gasteiger partial charge in [-0.2, -0.15) is 0 Å². The van der Waals surface area contributed by atoms with Crippen molar-refractivity contribution in [3.05, 3.63) is 41.0 Å². The molecular weight excluding hydrogens is 132 g/mol. The van der Waals surface area contributed by atoms with Crippen molar-refractivity contribution < 1.29 is 0 Å². The van der Waals surface area contributed by atoms with Crippen LogP contribution in [0.2, 0.25) is 0 Å². The first-order valence-corrected chi connectivity index (χ1v) is 3.94. The standard InChI is InChI=1S/C11H14/c1-4-5-11-8-9(2)6-7-10(11)3/h4-8H,1-3H3. The molecule has 0 saturated heterocycles. The first kappa shape index (κ1) is 8.06. The van der Waals surface area contributed by atoms with Crippen LogP contribution < -0.4 is 0 Å². The summed E-state index contributed by atoms with van der Waals surface area (Å²) in [6.07, 6.45) is 4.21. The molecule has 0 nitrogen and oxygen atoms in total. The highest BCUT2D eigenvalue weighted by Gasteiger charge is 1.92. The molecule has 11 heavy (non-hydrogen) atoms. The van der Waals surface area contributed by atoms with Gasteiger partial charge in [-0.05, 0) is 31.9 Å². The Balaban J connectivity index is 3.12. The predicted molar refractivity (Wildman–Crippen MR) is 50.6 cm³/mol. The largest absolute Gasteiger partial charge is 0.0871 e. The molecule has 0 spiro atoms. The second-order valence-electron chi connectivity index (χ2n) is 2.86. The lowest BCUT2D eigenvalue weighted by atomic mass is 10.1. The summed E-state index contributed by atoms with van der Waals surface area (Å²) in [4.78, 5) is 0. The highest BCUT2D eigenvalue weighted by Crippen LogP contribution is 2.11. The van der Waals surface area contributed by atoms with Gasteiger partial charge in [-0.15, -0.1) is 0 Å². The highest BCUT2D eigenvalue weighted by atomic mass is 14.0. The Morgan fingerprint density at radius 2 is 1.91 bits per heavy atom. The summed E-state index contributed by atoms with van der Waals surface area (Å²) in [6, 6.07) is 6.50. The van der Waals surface area contributed by atoms with E-state index in [1.54, 1.807) is 0 Å². The van der Waals surface area contributed by atoms with E-state index in [9.17, 15) is 0 Å². The third kappa shape index (κ3) is 1.94. The Hall–Kier alpha value is -1.04. The van der Waals surface area contributed by atoms with E-state index < -0.39 is 0 Å². The minimum atomic E-state index is 1.32. The molecular formula is C11H14. The van der Waals surface area contributed by atoms with E-state index in [1.165, 1.54) is 16.7 Å². The number of aryl methyl sites for hydroxylation is 2. The van der Waals surface area contributed by atoms with E-state index in [-0.39, 0.29) is 0 Å². The van der Waals surface area contributed by atoms with Crippen molar-refractivity contribution in [3.8, 4) is 0 Å². The zero-order chi connectivity index (χ0) is 8.27. The fourth-order valence-electron chi connectivity index (χ4n) is 1.12. The fourth-order valence-corrected chi connectivity index (χ4v) is 1.12. The number of allylic oxidation sites excluding steroid dienone is 1. The lowest BCUT2D eigenvalue weighted by molar-refractivity contribution is 1.37. The van der Waals surface area contributed by atoms with Crippen molar-refractivity contribution in [3.63, 3.8) is 0 Å². The lowest BCUT2D eigenvalue weighted by Crippen LogP contribution is -1.81. The van der Waals surface area contributed by atoms with E-state index >= 15 is 0 Å². The predicted octanol–water partition coefficient (Wildman–Crippen LogP) is 3.34. The smallest absolute Gasteiger partial charge is 0.0228 e. The lowest BCUT2D eigenvalue weighted by Gasteiger charge is -2.00. The van der Waals surface area contributed by atoms with Gasteiger partial charge in [0.15, 0.2) is 0 Å². The van der Waals surface area contributed by atoms with Gasteiger partial charge in [-0.3, -0.25) is 0 Å². The van der Waals surface area contributed by atoms with Gasteiger partial charge in [-0.1, -0.05) is 35.9 Å². The van der Waals surface area contributed by atoms with Crippen LogP contribution in [0.15, 0.2) is 24.3 Å². The second kappa shape index (κ2) is 3.38. The number of hydrogen-bond acceptors (Lipinski definition) is 0. The van der Waals surface area contributed by atoms with Crippen LogP contribution in [-0.4, -0.2) is 0 Å². The summed E-state index contributed by atoms with van der Waals surface area (Å²) in [7, 11) is 0. The average Bonchev–Trinajstić information content (AvgIpc) is 1.98. The summed E-state index contributed by atoms with van der Waals surface area (Å²) in [5, 5.41) is 0. The Morgan fingerprint density at radius 3 is 2.55 bits per heavy atom. The van der Waals surface area contributed by atoms with Gasteiger partial charge in [-0.25, -0.2) is 0 Å². The van der Waals surface area contributed by atoms with Gasteiger partial charge in [0.1, 0.15) is 0 Å². The van der Waals surface area contributed by atoms with E-state index in [0.29, 0.717) is 0 Å². The van der Waals surface area contributed by atoms with Crippen LogP contribution in [0.25, 0.3) is 6.08 Å². The molecule has 0 atom stereocenters. The van der Waals surface area contributed by atoms with Crippen molar-refractivity contribution >= 4 is 6.08 Å². The van der Waals surface area contributed by atoms with Crippen molar-refractivity contribution in [1.29, 1.82) is 0 Å². The molecule has 0 fully saturated rings. The normalized spacial score (nSPS) is 10.8. The van der Waals surface area contributed by atoms with Gasteiger partial charge in [0.25, 0.3) is 0 Å². The van der Waals surface area contributed by atoms with Crippen LogP contribution in [-0.2, 0) is 0 Å².